The van der Waals surface area contributed by atoms with Gasteiger partial charge in [0.25, 0.3) is 0 Å². The molecule has 3 rings (SSSR count). The summed E-state index contributed by atoms with van der Waals surface area (Å²) in [6.45, 7) is 0. The summed E-state index contributed by atoms with van der Waals surface area (Å²) in [5.41, 5.74) is 0.604. The maximum atomic E-state index is 13.5. The molecule has 0 bridgehead atoms. The molecule has 96 valence electrons. The Morgan fingerprint density at radius 1 is 1.26 bits per heavy atom. The van der Waals surface area contributed by atoms with E-state index in [4.69, 9.17) is 4.42 Å². The SMILES string of the molecule is O=C(c1cc2cccc(F)c2o1)c1cc(Br)sc1Br. The Labute approximate surface area is 128 Å². The first-order valence-corrected chi connectivity index (χ1v) is 7.64. The van der Waals surface area contributed by atoms with E-state index in [0.29, 0.717) is 14.7 Å². The highest BCUT2D eigenvalue weighted by molar-refractivity contribution is 9.12. The number of para-hydroxylation sites is 1. The second-order valence-corrected chi connectivity index (χ2v) is 7.59. The number of hydrogen-bond acceptors (Lipinski definition) is 3. The van der Waals surface area contributed by atoms with Gasteiger partial charge in [0.1, 0.15) is 0 Å². The molecule has 0 saturated carbocycles. The lowest BCUT2D eigenvalue weighted by Crippen LogP contribution is -1.97. The van der Waals surface area contributed by atoms with Crippen LogP contribution < -0.4 is 0 Å². The zero-order valence-electron chi connectivity index (χ0n) is 9.25. The van der Waals surface area contributed by atoms with E-state index in [-0.39, 0.29) is 17.1 Å². The molecule has 0 saturated heterocycles. The van der Waals surface area contributed by atoms with Crippen LogP contribution in [0.5, 0.6) is 0 Å². The van der Waals surface area contributed by atoms with E-state index in [1.165, 1.54) is 17.4 Å². The molecule has 3 aromatic rings. The van der Waals surface area contributed by atoms with Crippen molar-refractivity contribution in [2.45, 2.75) is 0 Å². The molecule has 19 heavy (non-hydrogen) atoms. The van der Waals surface area contributed by atoms with Crippen molar-refractivity contribution >= 4 is 59.9 Å². The Morgan fingerprint density at radius 2 is 2.05 bits per heavy atom. The highest BCUT2D eigenvalue weighted by Crippen LogP contribution is 2.34. The summed E-state index contributed by atoms with van der Waals surface area (Å²) in [5, 5.41) is 0.578. The van der Waals surface area contributed by atoms with E-state index in [2.05, 4.69) is 31.9 Å². The molecule has 0 fully saturated rings. The molecule has 0 N–H and O–H groups in total. The fourth-order valence-corrected chi connectivity index (χ4v) is 4.56. The van der Waals surface area contributed by atoms with Crippen molar-refractivity contribution < 1.29 is 13.6 Å². The molecule has 0 spiro atoms. The normalized spacial score (nSPS) is 11.1. The zero-order valence-corrected chi connectivity index (χ0v) is 13.2. The second kappa shape index (κ2) is 4.85. The summed E-state index contributed by atoms with van der Waals surface area (Å²) in [7, 11) is 0. The molecule has 2 nitrogen and oxygen atoms in total. The van der Waals surface area contributed by atoms with Crippen LogP contribution in [0.2, 0.25) is 0 Å². The molecule has 0 aliphatic heterocycles. The van der Waals surface area contributed by atoms with E-state index >= 15 is 0 Å². The van der Waals surface area contributed by atoms with E-state index in [1.54, 1.807) is 24.3 Å². The van der Waals surface area contributed by atoms with Crippen LogP contribution in [0.3, 0.4) is 0 Å². The van der Waals surface area contributed by atoms with Crippen LogP contribution in [0.4, 0.5) is 4.39 Å². The molecule has 0 aliphatic carbocycles. The van der Waals surface area contributed by atoms with E-state index in [0.717, 1.165) is 3.79 Å². The third-order valence-electron chi connectivity index (χ3n) is 2.62. The van der Waals surface area contributed by atoms with Crippen molar-refractivity contribution in [3.8, 4) is 0 Å². The third-order valence-corrected chi connectivity index (χ3v) is 4.96. The van der Waals surface area contributed by atoms with Crippen LogP contribution in [0, 0.1) is 5.82 Å². The maximum absolute atomic E-state index is 13.5. The topological polar surface area (TPSA) is 30.2 Å². The second-order valence-electron chi connectivity index (χ2n) is 3.84. The fourth-order valence-electron chi connectivity index (χ4n) is 1.77. The Hall–Kier alpha value is -0.980. The first-order chi connectivity index (χ1) is 9.06. The third kappa shape index (κ3) is 2.28. The van der Waals surface area contributed by atoms with Crippen LogP contribution in [-0.4, -0.2) is 5.78 Å². The molecular weight excluding hydrogens is 399 g/mol. The number of hydrogen-bond donors (Lipinski definition) is 0. The zero-order chi connectivity index (χ0) is 13.6. The summed E-state index contributed by atoms with van der Waals surface area (Å²) in [6, 6.07) is 7.85. The Kier molecular flexibility index (Phi) is 3.32. The number of ketones is 1. The van der Waals surface area contributed by atoms with Crippen LogP contribution >= 0.6 is 43.2 Å². The first kappa shape index (κ1) is 13.0. The molecule has 2 heterocycles. The lowest BCUT2D eigenvalue weighted by Gasteiger charge is -1.93. The average molecular weight is 404 g/mol. The van der Waals surface area contributed by atoms with Gasteiger partial charge in [-0.3, -0.25) is 4.79 Å². The maximum Gasteiger partial charge on any atom is 0.230 e. The summed E-state index contributed by atoms with van der Waals surface area (Å²) in [5.74, 6) is -0.613. The summed E-state index contributed by atoms with van der Waals surface area (Å²) >= 11 is 8.04. The predicted octanol–water partition coefficient (Wildman–Crippen LogP) is 5.39. The van der Waals surface area contributed by atoms with Gasteiger partial charge in [0.15, 0.2) is 17.2 Å². The summed E-state index contributed by atoms with van der Waals surface area (Å²) in [6.07, 6.45) is 0. The van der Waals surface area contributed by atoms with Crippen LogP contribution in [0.1, 0.15) is 16.1 Å². The number of fused-ring (bicyclic) bond motifs is 1. The number of rotatable bonds is 2. The number of carbonyl (C=O) groups is 1. The van der Waals surface area contributed by atoms with Crippen molar-refractivity contribution in [1.82, 2.24) is 0 Å². The van der Waals surface area contributed by atoms with Gasteiger partial charge in [0.2, 0.25) is 5.78 Å². The molecule has 0 aliphatic rings. The van der Waals surface area contributed by atoms with Crippen molar-refractivity contribution in [3.63, 3.8) is 0 Å². The van der Waals surface area contributed by atoms with Gasteiger partial charge in [0, 0.05) is 5.39 Å². The molecule has 2 aromatic heterocycles. The van der Waals surface area contributed by atoms with Crippen molar-refractivity contribution in [2.75, 3.05) is 0 Å². The first-order valence-electron chi connectivity index (χ1n) is 5.24. The Morgan fingerprint density at radius 3 is 2.68 bits per heavy atom. The van der Waals surface area contributed by atoms with E-state index in [9.17, 15) is 9.18 Å². The largest absolute Gasteiger partial charge is 0.449 e. The van der Waals surface area contributed by atoms with Crippen molar-refractivity contribution in [2.24, 2.45) is 0 Å². The van der Waals surface area contributed by atoms with Crippen LogP contribution in [0.25, 0.3) is 11.0 Å². The van der Waals surface area contributed by atoms with Gasteiger partial charge in [0.05, 0.1) is 13.1 Å². The van der Waals surface area contributed by atoms with Gasteiger partial charge in [-0.15, -0.1) is 11.3 Å². The van der Waals surface area contributed by atoms with E-state index in [1.807, 2.05) is 0 Å². The fraction of sp³-hybridized carbons (Fsp3) is 0. The summed E-state index contributed by atoms with van der Waals surface area (Å²) < 4.78 is 20.4. The monoisotopic (exact) mass is 402 g/mol. The number of furan rings is 1. The number of carbonyl (C=O) groups excluding carboxylic acids is 1. The molecule has 0 unspecified atom stereocenters. The van der Waals surface area contributed by atoms with Crippen LogP contribution in [-0.2, 0) is 0 Å². The smallest absolute Gasteiger partial charge is 0.230 e. The predicted molar refractivity (Wildman–Crippen MR) is 79.3 cm³/mol. The standard InChI is InChI=1S/C13H5Br2FO2S/c14-10-5-7(13(15)19-10)11(17)9-4-6-2-1-3-8(16)12(6)18-9/h1-5H. The molecule has 6 heteroatoms. The minimum absolute atomic E-state index is 0.108. The van der Waals surface area contributed by atoms with Gasteiger partial charge in [-0.25, -0.2) is 4.39 Å². The Bertz CT molecular complexity index is 791. The number of halogens is 3. The molecule has 1 aromatic carbocycles. The van der Waals surface area contributed by atoms with Gasteiger partial charge >= 0.3 is 0 Å². The molecular formula is C13H5Br2FO2S. The minimum atomic E-state index is -0.470. The molecule has 0 radical (unpaired) electrons. The molecule has 0 atom stereocenters. The quantitative estimate of drug-likeness (QED) is 0.537. The van der Waals surface area contributed by atoms with E-state index < -0.39 is 5.82 Å². The minimum Gasteiger partial charge on any atom is -0.449 e. The average Bonchev–Trinajstić information content (AvgIpc) is 2.93. The van der Waals surface area contributed by atoms with Crippen molar-refractivity contribution in [1.29, 1.82) is 0 Å². The highest BCUT2D eigenvalue weighted by Gasteiger charge is 2.20. The van der Waals surface area contributed by atoms with Crippen LogP contribution in [0.15, 0.2) is 42.3 Å². The Balaban J connectivity index is 2.12. The van der Waals surface area contributed by atoms with Crippen molar-refractivity contribution in [3.05, 3.63) is 55.0 Å². The lowest BCUT2D eigenvalue weighted by atomic mass is 10.1. The number of benzene rings is 1. The molecule has 0 amide bonds. The van der Waals surface area contributed by atoms with Gasteiger partial charge in [-0.1, -0.05) is 12.1 Å². The highest BCUT2D eigenvalue weighted by atomic mass is 79.9. The van der Waals surface area contributed by atoms with Gasteiger partial charge in [-0.2, -0.15) is 0 Å². The lowest BCUT2D eigenvalue weighted by molar-refractivity contribution is 0.101. The summed E-state index contributed by atoms with van der Waals surface area (Å²) in [4.78, 5) is 12.3. The van der Waals surface area contributed by atoms with Gasteiger partial charge in [-0.05, 0) is 50.1 Å². The van der Waals surface area contributed by atoms with Gasteiger partial charge < -0.3 is 4.42 Å². The number of thiophene rings is 1.